The summed E-state index contributed by atoms with van der Waals surface area (Å²) < 4.78 is 4.99. The molecular weight excluding hydrogens is 252 g/mol. The third kappa shape index (κ3) is 2.46. The molecule has 2 aliphatic carbocycles. The molecule has 2 rings (SSSR count). The standard InChI is InChI=1S/C17H24O3/c1-11(10-20-13(3)18)16-15(19)9-8-14-7-5-6-12(2)17(14,16)4/h7,10,12,16H,5-6,8-9H2,1-4H3/b11-10+/t12-,16?,17+/m0/s1. The van der Waals surface area contributed by atoms with Crippen molar-refractivity contribution in [2.24, 2.45) is 17.3 Å². The average molecular weight is 276 g/mol. The second kappa shape index (κ2) is 5.55. The van der Waals surface area contributed by atoms with Gasteiger partial charge in [0, 0.05) is 18.8 Å². The Morgan fingerprint density at radius 3 is 2.75 bits per heavy atom. The second-order valence-electron chi connectivity index (χ2n) is 6.36. The Hall–Kier alpha value is -1.38. The van der Waals surface area contributed by atoms with Crippen LogP contribution in [-0.2, 0) is 14.3 Å². The van der Waals surface area contributed by atoms with Gasteiger partial charge < -0.3 is 4.74 Å². The molecule has 0 aromatic rings. The van der Waals surface area contributed by atoms with Crippen molar-refractivity contribution in [1.82, 2.24) is 0 Å². The van der Waals surface area contributed by atoms with Crippen molar-refractivity contribution in [2.45, 2.75) is 53.4 Å². The lowest BCUT2D eigenvalue weighted by Gasteiger charge is -2.49. The van der Waals surface area contributed by atoms with E-state index >= 15 is 0 Å². The number of rotatable bonds is 2. The van der Waals surface area contributed by atoms with E-state index in [9.17, 15) is 9.59 Å². The van der Waals surface area contributed by atoms with Crippen LogP contribution in [0, 0.1) is 17.3 Å². The fourth-order valence-corrected chi connectivity index (χ4v) is 3.89. The molecule has 1 unspecified atom stereocenters. The van der Waals surface area contributed by atoms with E-state index < -0.39 is 0 Å². The van der Waals surface area contributed by atoms with E-state index in [2.05, 4.69) is 19.9 Å². The number of hydrogen-bond acceptors (Lipinski definition) is 3. The smallest absolute Gasteiger partial charge is 0.307 e. The van der Waals surface area contributed by atoms with Crippen molar-refractivity contribution in [3.63, 3.8) is 0 Å². The predicted molar refractivity (Wildman–Crippen MR) is 77.8 cm³/mol. The molecular formula is C17H24O3. The van der Waals surface area contributed by atoms with Gasteiger partial charge in [-0.15, -0.1) is 0 Å². The molecule has 0 spiro atoms. The Labute approximate surface area is 121 Å². The van der Waals surface area contributed by atoms with Crippen LogP contribution in [0.3, 0.4) is 0 Å². The molecule has 0 aliphatic heterocycles. The maximum absolute atomic E-state index is 12.5. The van der Waals surface area contributed by atoms with Crippen molar-refractivity contribution in [3.8, 4) is 0 Å². The first-order valence-corrected chi connectivity index (χ1v) is 7.43. The monoisotopic (exact) mass is 276 g/mol. The van der Waals surface area contributed by atoms with Crippen molar-refractivity contribution in [1.29, 1.82) is 0 Å². The minimum atomic E-state index is -0.342. The van der Waals surface area contributed by atoms with Crippen LogP contribution in [0.4, 0.5) is 0 Å². The lowest BCUT2D eigenvalue weighted by Crippen LogP contribution is -2.45. The van der Waals surface area contributed by atoms with Gasteiger partial charge in [-0.25, -0.2) is 0 Å². The van der Waals surface area contributed by atoms with E-state index in [1.54, 1.807) is 0 Å². The van der Waals surface area contributed by atoms with Crippen LogP contribution < -0.4 is 0 Å². The molecule has 20 heavy (non-hydrogen) atoms. The molecule has 0 N–H and O–H groups in total. The van der Waals surface area contributed by atoms with Gasteiger partial charge in [-0.3, -0.25) is 9.59 Å². The van der Waals surface area contributed by atoms with E-state index in [1.165, 1.54) is 18.8 Å². The zero-order valence-electron chi connectivity index (χ0n) is 12.9. The largest absolute Gasteiger partial charge is 0.435 e. The molecule has 0 aromatic heterocycles. The van der Waals surface area contributed by atoms with Crippen LogP contribution >= 0.6 is 0 Å². The van der Waals surface area contributed by atoms with Gasteiger partial charge in [0.15, 0.2) is 0 Å². The summed E-state index contributed by atoms with van der Waals surface area (Å²) in [7, 11) is 0. The highest BCUT2D eigenvalue weighted by atomic mass is 16.5. The van der Waals surface area contributed by atoms with E-state index in [1.807, 2.05) is 6.92 Å². The number of ketones is 1. The lowest BCUT2D eigenvalue weighted by atomic mass is 9.54. The molecule has 1 saturated carbocycles. The first-order valence-electron chi connectivity index (χ1n) is 7.43. The Balaban J connectivity index is 2.39. The van der Waals surface area contributed by atoms with E-state index in [-0.39, 0.29) is 23.1 Å². The van der Waals surface area contributed by atoms with Crippen LogP contribution in [0.15, 0.2) is 23.5 Å². The number of fused-ring (bicyclic) bond motifs is 1. The summed E-state index contributed by atoms with van der Waals surface area (Å²) in [6.07, 6.45) is 7.50. The fraction of sp³-hybridized carbons (Fsp3) is 0.647. The molecule has 2 aliphatic rings. The number of esters is 1. The molecule has 3 heteroatoms. The highest BCUT2D eigenvalue weighted by Gasteiger charge is 2.49. The molecule has 0 radical (unpaired) electrons. The van der Waals surface area contributed by atoms with Gasteiger partial charge in [-0.1, -0.05) is 25.5 Å². The number of hydrogen-bond donors (Lipinski definition) is 0. The van der Waals surface area contributed by atoms with E-state index in [0.29, 0.717) is 12.3 Å². The Morgan fingerprint density at radius 1 is 1.40 bits per heavy atom. The van der Waals surface area contributed by atoms with E-state index in [0.717, 1.165) is 24.8 Å². The van der Waals surface area contributed by atoms with E-state index in [4.69, 9.17) is 4.74 Å². The third-order valence-corrected chi connectivity index (χ3v) is 5.13. The fourth-order valence-electron chi connectivity index (χ4n) is 3.89. The van der Waals surface area contributed by atoms with Crippen molar-refractivity contribution >= 4 is 11.8 Å². The molecule has 0 aromatic carbocycles. The second-order valence-corrected chi connectivity index (χ2v) is 6.36. The minimum absolute atomic E-state index is 0.117. The normalized spacial score (nSPS) is 34.3. The van der Waals surface area contributed by atoms with Crippen LogP contribution in [0.25, 0.3) is 0 Å². The van der Waals surface area contributed by atoms with Gasteiger partial charge in [-0.05, 0) is 37.7 Å². The van der Waals surface area contributed by atoms with Crippen molar-refractivity contribution < 1.29 is 14.3 Å². The van der Waals surface area contributed by atoms with Gasteiger partial charge in [0.25, 0.3) is 0 Å². The highest BCUT2D eigenvalue weighted by molar-refractivity contribution is 5.87. The number of carbonyl (C=O) groups is 2. The maximum atomic E-state index is 12.5. The van der Waals surface area contributed by atoms with Crippen LogP contribution in [0.2, 0.25) is 0 Å². The first-order chi connectivity index (χ1) is 9.37. The zero-order valence-corrected chi connectivity index (χ0v) is 12.9. The summed E-state index contributed by atoms with van der Waals surface area (Å²) in [6.45, 7) is 7.72. The summed E-state index contributed by atoms with van der Waals surface area (Å²) in [4.78, 5) is 23.5. The summed E-state index contributed by atoms with van der Waals surface area (Å²) >= 11 is 0. The molecule has 1 fully saturated rings. The molecule has 3 nitrogen and oxygen atoms in total. The van der Waals surface area contributed by atoms with Gasteiger partial charge in [0.1, 0.15) is 5.78 Å². The molecule has 0 amide bonds. The Kier molecular flexibility index (Phi) is 4.17. The topological polar surface area (TPSA) is 43.4 Å². The quantitative estimate of drug-likeness (QED) is 0.438. The Bertz CT molecular complexity index is 486. The number of carbonyl (C=O) groups excluding carboxylic acids is 2. The lowest BCUT2D eigenvalue weighted by molar-refractivity contribution is -0.136. The average Bonchev–Trinajstić information content (AvgIpc) is 2.38. The third-order valence-electron chi connectivity index (χ3n) is 5.13. The van der Waals surface area contributed by atoms with Crippen LogP contribution in [-0.4, -0.2) is 11.8 Å². The first kappa shape index (κ1) is 15.0. The predicted octanol–water partition coefficient (Wildman–Crippen LogP) is 3.80. The molecule has 0 bridgehead atoms. The van der Waals surface area contributed by atoms with Crippen molar-refractivity contribution in [3.05, 3.63) is 23.5 Å². The van der Waals surface area contributed by atoms with Gasteiger partial charge in [0.2, 0.25) is 0 Å². The minimum Gasteiger partial charge on any atom is -0.435 e. The van der Waals surface area contributed by atoms with Gasteiger partial charge in [-0.2, -0.15) is 0 Å². The number of ether oxygens (including phenoxy) is 1. The maximum Gasteiger partial charge on any atom is 0.307 e. The SMILES string of the molecule is CC(=O)O/C=C(\C)C1C(=O)CCC2=CCC[C@H](C)[C@]21C. The zero-order chi connectivity index (χ0) is 14.9. The molecule has 0 heterocycles. The summed E-state index contributed by atoms with van der Waals surface area (Å²) in [5.41, 5.74) is 2.16. The summed E-state index contributed by atoms with van der Waals surface area (Å²) in [5, 5.41) is 0. The number of Topliss-reactive ketones (excluding diaryl/α,β-unsaturated/α-hetero) is 1. The summed E-state index contributed by atoms with van der Waals surface area (Å²) in [6, 6.07) is 0. The van der Waals surface area contributed by atoms with Crippen molar-refractivity contribution in [2.75, 3.05) is 0 Å². The number of allylic oxidation sites excluding steroid dienone is 3. The summed E-state index contributed by atoms with van der Waals surface area (Å²) in [5.74, 6) is 0.249. The van der Waals surface area contributed by atoms with Gasteiger partial charge in [0.05, 0.1) is 12.2 Å². The highest BCUT2D eigenvalue weighted by Crippen LogP contribution is 2.54. The molecule has 3 atom stereocenters. The van der Waals surface area contributed by atoms with Crippen LogP contribution in [0.5, 0.6) is 0 Å². The van der Waals surface area contributed by atoms with Gasteiger partial charge >= 0.3 is 5.97 Å². The Morgan fingerprint density at radius 2 is 2.10 bits per heavy atom. The molecule has 110 valence electrons. The van der Waals surface area contributed by atoms with Crippen LogP contribution in [0.1, 0.15) is 53.4 Å². The molecule has 0 saturated heterocycles.